The summed E-state index contributed by atoms with van der Waals surface area (Å²) >= 11 is 0. The van der Waals surface area contributed by atoms with E-state index < -0.39 is 0 Å². The van der Waals surface area contributed by atoms with E-state index in [1.165, 1.54) is 11.1 Å². The molecule has 18 heavy (non-hydrogen) atoms. The second-order valence-electron chi connectivity index (χ2n) is 4.86. The Labute approximate surface area is 108 Å². The lowest BCUT2D eigenvalue weighted by Gasteiger charge is -2.32. The molecule has 0 aliphatic carbocycles. The minimum absolute atomic E-state index is 0.0701. The molecule has 0 radical (unpaired) electrons. The van der Waals surface area contributed by atoms with Gasteiger partial charge in [-0.25, -0.2) is 0 Å². The Balaban J connectivity index is 1.86. The van der Waals surface area contributed by atoms with Crippen molar-refractivity contribution in [2.24, 2.45) is 5.73 Å². The molecule has 2 aliphatic heterocycles. The van der Waals surface area contributed by atoms with Gasteiger partial charge in [-0.3, -0.25) is 0 Å². The molecule has 3 nitrogen and oxygen atoms in total. The topological polar surface area (TPSA) is 44.5 Å². The van der Waals surface area contributed by atoms with Gasteiger partial charge in [0.15, 0.2) is 0 Å². The van der Waals surface area contributed by atoms with Crippen molar-refractivity contribution in [3.8, 4) is 0 Å². The van der Waals surface area contributed by atoms with Crippen LogP contribution in [-0.2, 0) is 15.9 Å². The lowest BCUT2D eigenvalue weighted by Crippen LogP contribution is -2.36. The van der Waals surface area contributed by atoms with Gasteiger partial charge in [0.2, 0.25) is 0 Å². The Morgan fingerprint density at radius 2 is 2.11 bits per heavy atom. The number of rotatable bonds is 2. The van der Waals surface area contributed by atoms with E-state index in [9.17, 15) is 0 Å². The molecule has 2 aliphatic rings. The maximum Gasteiger partial charge on any atom is 0.112 e. The minimum atomic E-state index is -0.188. The molecule has 0 spiro atoms. The molecule has 2 heterocycles. The van der Waals surface area contributed by atoms with Crippen LogP contribution in [0.3, 0.4) is 0 Å². The molecule has 0 saturated heterocycles. The van der Waals surface area contributed by atoms with E-state index in [2.05, 4.69) is 24.3 Å². The zero-order valence-corrected chi connectivity index (χ0v) is 10.5. The molecule has 0 amide bonds. The average molecular weight is 245 g/mol. The summed E-state index contributed by atoms with van der Waals surface area (Å²) in [5.41, 5.74) is 8.88. The van der Waals surface area contributed by atoms with Gasteiger partial charge in [0.1, 0.15) is 11.9 Å². The van der Waals surface area contributed by atoms with Crippen molar-refractivity contribution < 1.29 is 9.47 Å². The average Bonchev–Trinajstić information content (AvgIpc) is 2.47. The van der Waals surface area contributed by atoms with Gasteiger partial charge in [-0.05, 0) is 36.5 Å². The Morgan fingerprint density at radius 3 is 2.94 bits per heavy atom. The Bertz CT molecular complexity index is 456. The van der Waals surface area contributed by atoms with Crippen molar-refractivity contribution in [3.05, 3.63) is 47.2 Å². The summed E-state index contributed by atoms with van der Waals surface area (Å²) in [5, 5.41) is 0. The summed E-state index contributed by atoms with van der Waals surface area (Å²) < 4.78 is 11.5. The normalized spacial score (nSPS) is 24.7. The number of hydrogen-bond donors (Lipinski definition) is 1. The van der Waals surface area contributed by atoms with Crippen molar-refractivity contribution >= 4 is 0 Å². The SMILES string of the molecule is NC(C1=CCCCO1)C1OCCc2ccccc21. The molecule has 1 aromatic rings. The molecule has 3 heteroatoms. The highest BCUT2D eigenvalue weighted by atomic mass is 16.5. The molecular weight excluding hydrogens is 226 g/mol. The third-order valence-corrected chi connectivity index (χ3v) is 3.65. The molecule has 0 saturated carbocycles. The third-order valence-electron chi connectivity index (χ3n) is 3.65. The van der Waals surface area contributed by atoms with Crippen LogP contribution in [0.15, 0.2) is 36.1 Å². The van der Waals surface area contributed by atoms with Gasteiger partial charge in [0.25, 0.3) is 0 Å². The Hall–Kier alpha value is -1.32. The van der Waals surface area contributed by atoms with E-state index in [0.717, 1.165) is 38.2 Å². The molecule has 2 unspecified atom stereocenters. The highest BCUT2D eigenvalue weighted by Crippen LogP contribution is 2.32. The molecule has 96 valence electrons. The van der Waals surface area contributed by atoms with E-state index in [-0.39, 0.29) is 12.1 Å². The second-order valence-corrected chi connectivity index (χ2v) is 4.86. The first-order valence-corrected chi connectivity index (χ1v) is 6.64. The van der Waals surface area contributed by atoms with E-state index in [0.29, 0.717) is 0 Å². The molecule has 0 bridgehead atoms. The van der Waals surface area contributed by atoms with Gasteiger partial charge in [0.05, 0.1) is 19.3 Å². The summed E-state index contributed by atoms with van der Waals surface area (Å²) in [6.45, 7) is 1.51. The van der Waals surface area contributed by atoms with Crippen molar-refractivity contribution in [1.29, 1.82) is 0 Å². The zero-order valence-electron chi connectivity index (χ0n) is 10.5. The zero-order chi connectivity index (χ0) is 12.4. The van der Waals surface area contributed by atoms with Crippen LogP contribution >= 0.6 is 0 Å². The van der Waals surface area contributed by atoms with E-state index >= 15 is 0 Å². The molecule has 3 rings (SSSR count). The van der Waals surface area contributed by atoms with Gasteiger partial charge in [-0.2, -0.15) is 0 Å². The van der Waals surface area contributed by atoms with Gasteiger partial charge < -0.3 is 15.2 Å². The standard InChI is InChI=1S/C15H19NO2/c16-14(13-7-3-4-9-17-13)15-12-6-2-1-5-11(12)8-10-18-15/h1-2,5-7,14-15H,3-4,8-10,16H2. The van der Waals surface area contributed by atoms with Crippen LogP contribution in [0.2, 0.25) is 0 Å². The van der Waals surface area contributed by atoms with E-state index in [1.54, 1.807) is 0 Å². The highest BCUT2D eigenvalue weighted by molar-refractivity contribution is 5.33. The van der Waals surface area contributed by atoms with Crippen LogP contribution in [0.1, 0.15) is 30.1 Å². The van der Waals surface area contributed by atoms with Crippen LogP contribution in [0.25, 0.3) is 0 Å². The largest absolute Gasteiger partial charge is 0.496 e. The molecular formula is C15H19NO2. The van der Waals surface area contributed by atoms with Crippen LogP contribution in [0.5, 0.6) is 0 Å². The van der Waals surface area contributed by atoms with Gasteiger partial charge in [0, 0.05) is 0 Å². The maximum absolute atomic E-state index is 6.32. The summed E-state index contributed by atoms with van der Waals surface area (Å²) in [7, 11) is 0. The Kier molecular flexibility index (Phi) is 3.35. The van der Waals surface area contributed by atoms with Crippen LogP contribution in [0, 0.1) is 0 Å². The smallest absolute Gasteiger partial charge is 0.112 e. The summed E-state index contributed by atoms with van der Waals surface area (Å²) in [6, 6.07) is 8.20. The fourth-order valence-corrected chi connectivity index (χ4v) is 2.68. The van der Waals surface area contributed by atoms with Gasteiger partial charge >= 0.3 is 0 Å². The van der Waals surface area contributed by atoms with Crippen LogP contribution < -0.4 is 5.73 Å². The molecule has 2 N–H and O–H groups in total. The predicted molar refractivity (Wildman–Crippen MR) is 70.1 cm³/mol. The van der Waals surface area contributed by atoms with E-state index in [4.69, 9.17) is 15.2 Å². The van der Waals surface area contributed by atoms with Crippen LogP contribution in [-0.4, -0.2) is 19.3 Å². The summed E-state index contributed by atoms with van der Waals surface area (Å²) in [6.07, 6.45) is 5.14. The second kappa shape index (κ2) is 5.12. The lowest BCUT2D eigenvalue weighted by atomic mass is 9.92. The quantitative estimate of drug-likeness (QED) is 0.869. The summed E-state index contributed by atoms with van der Waals surface area (Å²) in [4.78, 5) is 0. The monoisotopic (exact) mass is 245 g/mol. The molecule has 0 aromatic heterocycles. The van der Waals surface area contributed by atoms with Crippen molar-refractivity contribution in [1.82, 2.24) is 0 Å². The number of allylic oxidation sites excluding steroid dienone is 1. The summed E-state index contributed by atoms with van der Waals surface area (Å²) in [5.74, 6) is 0.892. The number of fused-ring (bicyclic) bond motifs is 1. The van der Waals surface area contributed by atoms with E-state index in [1.807, 2.05) is 6.07 Å². The number of ether oxygens (including phenoxy) is 2. The van der Waals surface area contributed by atoms with Crippen LogP contribution in [0.4, 0.5) is 0 Å². The first-order chi connectivity index (χ1) is 8.86. The first-order valence-electron chi connectivity index (χ1n) is 6.64. The fraction of sp³-hybridized carbons (Fsp3) is 0.467. The Morgan fingerprint density at radius 1 is 1.22 bits per heavy atom. The highest BCUT2D eigenvalue weighted by Gasteiger charge is 2.30. The minimum Gasteiger partial charge on any atom is -0.496 e. The van der Waals surface area contributed by atoms with Crippen molar-refractivity contribution in [3.63, 3.8) is 0 Å². The third kappa shape index (κ3) is 2.16. The number of benzene rings is 1. The fourth-order valence-electron chi connectivity index (χ4n) is 2.68. The predicted octanol–water partition coefficient (Wildman–Crippen LogP) is 2.32. The van der Waals surface area contributed by atoms with Crippen molar-refractivity contribution in [2.45, 2.75) is 31.4 Å². The lowest BCUT2D eigenvalue weighted by molar-refractivity contribution is 0.0158. The van der Waals surface area contributed by atoms with Gasteiger partial charge in [-0.1, -0.05) is 24.3 Å². The number of hydrogen-bond acceptors (Lipinski definition) is 3. The maximum atomic E-state index is 6.32. The first kappa shape index (κ1) is 11.8. The number of nitrogens with two attached hydrogens (primary N) is 1. The van der Waals surface area contributed by atoms with Crippen molar-refractivity contribution in [2.75, 3.05) is 13.2 Å². The molecule has 2 atom stereocenters. The molecule has 0 fully saturated rings. The van der Waals surface area contributed by atoms with Gasteiger partial charge in [-0.15, -0.1) is 0 Å². The molecule has 1 aromatic carbocycles.